The van der Waals surface area contributed by atoms with E-state index in [9.17, 15) is 0 Å². The zero-order chi connectivity index (χ0) is 11.4. The van der Waals surface area contributed by atoms with E-state index in [0.29, 0.717) is 11.3 Å². The molecule has 0 bridgehead atoms. The van der Waals surface area contributed by atoms with Crippen LogP contribution in [-0.2, 0) is 0 Å². The van der Waals surface area contributed by atoms with E-state index < -0.39 is 0 Å². The van der Waals surface area contributed by atoms with Crippen LogP contribution in [0.3, 0.4) is 0 Å². The quantitative estimate of drug-likeness (QED) is 0.629. The molecule has 0 aliphatic heterocycles. The van der Waals surface area contributed by atoms with E-state index in [1.54, 1.807) is 18.3 Å². The van der Waals surface area contributed by atoms with Crippen molar-refractivity contribution < 1.29 is 0 Å². The van der Waals surface area contributed by atoms with Crippen LogP contribution in [-0.4, -0.2) is 9.97 Å². The van der Waals surface area contributed by atoms with Gasteiger partial charge in [-0.1, -0.05) is 11.8 Å². The fourth-order valence-corrected chi connectivity index (χ4v) is 1.96. The van der Waals surface area contributed by atoms with E-state index in [1.807, 2.05) is 18.2 Å². The number of nitrogens with two attached hydrogens (primary N) is 1. The average molecular weight is 228 g/mol. The van der Waals surface area contributed by atoms with Crippen LogP contribution in [0.1, 0.15) is 5.56 Å². The molecule has 0 amide bonds. The van der Waals surface area contributed by atoms with Crippen molar-refractivity contribution in [2.75, 3.05) is 5.73 Å². The van der Waals surface area contributed by atoms with Gasteiger partial charge in [0.1, 0.15) is 17.4 Å². The second-order valence-electron chi connectivity index (χ2n) is 3.01. The van der Waals surface area contributed by atoms with Crippen molar-refractivity contribution in [2.45, 2.75) is 9.92 Å². The number of aromatic nitrogens is 2. The SMILES string of the molecule is N#Cc1ccc(Sc2ccncn2)cc1N. The summed E-state index contributed by atoms with van der Waals surface area (Å²) in [6.07, 6.45) is 3.18. The Morgan fingerprint density at radius 2 is 2.19 bits per heavy atom. The molecule has 2 rings (SSSR count). The van der Waals surface area contributed by atoms with E-state index in [-0.39, 0.29) is 0 Å². The van der Waals surface area contributed by atoms with Crippen molar-refractivity contribution in [1.29, 1.82) is 5.26 Å². The van der Waals surface area contributed by atoms with Gasteiger partial charge in [-0.15, -0.1) is 0 Å². The highest BCUT2D eigenvalue weighted by molar-refractivity contribution is 7.99. The summed E-state index contributed by atoms with van der Waals surface area (Å²) in [5, 5.41) is 9.59. The van der Waals surface area contributed by atoms with Crippen LogP contribution in [0.4, 0.5) is 5.69 Å². The van der Waals surface area contributed by atoms with Crippen molar-refractivity contribution in [3.05, 3.63) is 42.4 Å². The highest BCUT2D eigenvalue weighted by Gasteiger charge is 2.02. The zero-order valence-corrected chi connectivity index (χ0v) is 9.11. The first-order valence-electron chi connectivity index (χ1n) is 4.53. The number of hydrogen-bond acceptors (Lipinski definition) is 5. The predicted octanol–water partition coefficient (Wildman–Crippen LogP) is 2.08. The molecular weight excluding hydrogens is 220 g/mol. The van der Waals surface area contributed by atoms with E-state index in [2.05, 4.69) is 9.97 Å². The third kappa shape index (κ3) is 2.30. The van der Waals surface area contributed by atoms with Gasteiger partial charge >= 0.3 is 0 Å². The van der Waals surface area contributed by atoms with Crippen LogP contribution in [0.25, 0.3) is 0 Å². The lowest BCUT2D eigenvalue weighted by Crippen LogP contribution is -1.90. The van der Waals surface area contributed by atoms with Crippen molar-refractivity contribution in [3.8, 4) is 6.07 Å². The molecule has 1 aromatic heterocycles. The summed E-state index contributed by atoms with van der Waals surface area (Å²) in [7, 11) is 0. The molecule has 0 aliphatic rings. The Morgan fingerprint density at radius 3 is 2.81 bits per heavy atom. The van der Waals surface area contributed by atoms with Gasteiger partial charge in [-0.2, -0.15) is 5.26 Å². The number of rotatable bonds is 2. The molecule has 1 aromatic carbocycles. The second kappa shape index (κ2) is 4.64. The lowest BCUT2D eigenvalue weighted by atomic mass is 10.2. The Hall–Kier alpha value is -2.06. The Morgan fingerprint density at radius 1 is 1.31 bits per heavy atom. The standard InChI is InChI=1S/C11H8N4S/c12-6-8-1-2-9(5-10(8)13)16-11-3-4-14-7-15-11/h1-5,7H,13H2. The van der Waals surface area contributed by atoms with Crippen molar-refractivity contribution in [1.82, 2.24) is 9.97 Å². The molecular formula is C11H8N4S. The van der Waals surface area contributed by atoms with Gasteiger partial charge in [0, 0.05) is 11.1 Å². The maximum atomic E-state index is 8.74. The Balaban J connectivity index is 2.24. The number of anilines is 1. The van der Waals surface area contributed by atoms with Crippen molar-refractivity contribution in [3.63, 3.8) is 0 Å². The smallest absolute Gasteiger partial charge is 0.116 e. The van der Waals surface area contributed by atoms with E-state index in [4.69, 9.17) is 11.0 Å². The van der Waals surface area contributed by atoms with Gasteiger partial charge in [-0.05, 0) is 24.3 Å². The largest absolute Gasteiger partial charge is 0.398 e. The molecule has 16 heavy (non-hydrogen) atoms. The van der Waals surface area contributed by atoms with Crippen LogP contribution < -0.4 is 5.73 Å². The van der Waals surface area contributed by atoms with Gasteiger partial charge in [0.25, 0.3) is 0 Å². The molecule has 0 spiro atoms. The average Bonchev–Trinajstić information content (AvgIpc) is 2.31. The number of nitrogen functional groups attached to an aromatic ring is 1. The van der Waals surface area contributed by atoms with Gasteiger partial charge in [0.2, 0.25) is 0 Å². The summed E-state index contributed by atoms with van der Waals surface area (Å²) in [5.41, 5.74) is 6.70. The first-order valence-corrected chi connectivity index (χ1v) is 5.35. The molecule has 0 saturated heterocycles. The summed E-state index contributed by atoms with van der Waals surface area (Å²) in [6, 6.07) is 9.17. The fraction of sp³-hybridized carbons (Fsp3) is 0. The molecule has 2 aromatic rings. The minimum atomic E-state index is 0.488. The van der Waals surface area contributed by atoms with E-state index in [0.717, 1.165) is 9.92 Å². The lowest BCUT2D eigenvalue weighted by Gasteiger charge is -2.02. The highest BCUT2D eigenvalue weighted by atomic mass is 32.2. The molecule has 0 aliphatic carbocycles. The Labute approximate surface area is 97.1 Å². The minimum Gasteiger partial charge on any atom is -0.398 e. The second-order valence-corrected chi connectivity index (χ2v) is 4.10. The summed E-state index contributed by atoms with van der Waals surface area (Å²) in [5.74, 6) is 0. The topological polar surface area (TPSA) is 75.6 Å². The van der Waals surface area contributed by atoms with Crippen LogP contribution in [0, 0.1) is 11.3 Å². The summed E-state index contributed by atoms with van der Waals surface area (Å²) >= 11 is 1.48. The van der Waals surface area contributed by atoms with Crippen LogP contribution in [0.2, 0.25) is 0 Å². The predicted molar refractivity (Wildman–Crippen MR) is 61.7 cm³/mol. The zero-order valence-electron chi connectivity index (χ0n) is 8.29. The third-order valence-corrected chi connectivity index (χ3v) is 2.86. The molecule has 0 saturated carbocycles. The number of benzene rings is 1. The molecule has 0 radical (unpaired) electrons. The fourth-order valence-electron chi connectivity index (χ4n) is 1.17. The highest BCUT2D eigenvalue weighted by Crippen LogP contribution is 2.27. The summed E-state index contributed by atoms with van der Waals surface area (Å²) in [4.78, 5) is 8.89. The van der Waals surface area contributed by atoms with Gasteiger partial charge in [-0.25, -0.2) is 9.97 Å². The van der Waals surface area contributed by atoms with Crippen molar-refractivity contribution >= 4 is 17.4 Å². The van der Waals surface area contributed by atoms with Gasteiger partial charge < -0.3 is 5.73 Å². The number of hydrogen-bond donors (Lipinski definition) is 1. The lowest BCUT2D eigenvalue weighted by molar-refractivity contribution is 1.05. The maximum absolute atomic E-state index is 8.74. The number of nitriles is 1. The van der Waals surface area contributed by atoms with Crippen LogP contribution in [0.5, 0.6) is 0 Å². The van der Waals surface area contributed by atoms with E-state index in [1.165, 1.54) is 18.1 Å². The monoisotopic (exact) mass is 228 g/mol. The Bertz CT molecular complexity index is 533. The summed E-state index contributed by atoms with van der Waals surface area (Å²) < 4.78 is 0. The van der Waals surface area contributed by atoms with Gasteiger partial charge in [0.05, 0.1) is 11.3 Å². The Kier molecular flexibility index (Phi) is 3.03. The molecule has 78 valence electrons. The molecule has 0 fully saturated rings. The third-order valence-electron chi connectivity index (χ3n) is 1.92. The maximum Gasteiger partial charge on any atom is 0.116 e. The number of nitrogens with zero attached hydrogens (tertiary/aromatic N) is 3. The van der Waals surface area contributed by atoms with Crippen LogP contribution >= 0.6 is 11.8 Å². The summed E-state index contributed by atoms with van der Waals surface area (Å²) in [6.45, 7) is 0. The van der Waals surface area contributed by atoms with Gasteiger partial charge in [-0.3, -0.25) is 0 Å². The molecule has 1 heterocycles. The molecule has 0 atom stereocenters. The normalized spacial score (nSPS) is 9.69. The van der Waals surface area contributed by atoms with E-state index >= 15 is 0 Å². The van der Waals surface area contributed by atoms with Crippen LogP contribution in [0.15, 0.2) is 46.7 Å². The first kappa shape index (κ1) is 10.5. The molecule has 5 heteroatoms. The first-order chi connectivity index (χ1) is 7.79. The van der Waals surface area contributed by atoms with Gasteiger partial charge in [0.15, 0.2) is 0 Å². The molecule has 2 N–H and O–H groups in total. The molecule has 0 unspecified atom stereocenters. The van der Waals surface area contributed by atoms with Crippen molar-refractivity contribution in [2.24, 2.45) is 0 Å². The molecule has 4 nitrogen and oxygen atoms in total. The minimum absolute atomic E-state index is 0.488.